The Kier molecular flexibility index (Phi) is 10.1. The minimum atomic E-state index is -0.801. The van der Waals surface area contributed by atoms with Gasteiger partial charge in [-0.15, -0.1) is 0 Å². The van der Waals surface area contributed by atoms with E-state index in [1.165, 1.54) is 21.9 Å². The van der Waals surface area contributed by atoms with Crippen LogP contribution < -0.4 is 15.4 Å². The van der Waals surface area contributed by atoms with E-state index in [-0.39, 0.29) is 23.4 Å². The molecule has 3 aromatic carbocycles. The molecule has 3 aromatic rings. The summed E-state index contributed by atoms with van der Waals surface area (Å²) >= 11 is 0. The first-order chi connectivity index (χ1) is 21.1. The van der Waals surface area contributed by atoms with Crippen molar-refractivity contribution >= 4 is 22.8 Å². The van der Waals surface area contributed by atoms with E-state index in [0.717, 1.165) is 58.4 Å². The van der Waals surface area contributed by atoms with E-state index in [4.69, 9.17) is 4.74 Å². The molecular formula is C36H48N4O4. The van der Waals surface area contributed by atoms with Crippen LogP contribution in [0.1, 0.15) is 67.9 Å². The lowest BCUT2D eigenvalue weighted by Gasteiger charge is -2.44. The van der Waals surface area contributed by atoms with Gasteiger partial charge in [-0.1, -0.05) is 51.1 Å². The highest BCUT2D eigenvalue weighted by Crippen LogP contribution is 2.34. The first-order valence-corrected chi connectivity index (χ1v) is 16.0. The maximum absolute atomic E-state index is 12.7. The third-order valence-electron chi connectivity index (χ3n) is 9.35. The highest BCUT2D eigenvalue weighted by molar-refractivity contribution is 5.94. The number of piperidine rings is 2. The van der Waals surface area contributed by atoms with Crippen LogP contribution in [0.15, 0.2) is 60.7 Å². The van der Waals surface area contributed by atoms with E-state index in [2.05, 4.69) is 72.7 Å². The molecule has 2 atom stereocenters. The molecule has 0 aromatic heterocycles. The number of carbonyl (C=O) groups excluding carboxylic acids is 1. The summed E-state index contributed by atoms with van der Waals surface area (Å²) in [6.07, 6.45) is 2.87. The number of ether oxygens (including phenoxy) is 1. The number of carbonyl (C=O) groups is 2. The van der Waals surface area contributed by atoms with Gasteiger partial charge in [0.15, 0.2) is 0 Å². The molecule has 0 saturated carbocycles. The van der Waals surface area contributed by atoms with Gasteiger partial charge in [-0.05, 0) is 95.8 Å². The van der Waals surface area contributed by atoms with Crippen molar-refractivity contribution in [2.24, 2.45) is 11.3 Å². The Labute approximate surface area is 261 Å². The molecule has 2 aliphatic heterocycles. The number of methoxy groups -OCH3 is 1. The average molecular weight is 601 g/mol. The van der Waals surface area contributed by atoms with Crippen molar-refractivity contribution in [1.29, 1.82) is 0 Å². The number of fused-ring (bicyclic) bond motifs is 1. The molecule has 5 rings (SSSR count). The fraction of sp³-hybridized carbons (Fsp3) is 0.500. The Morgan fingerprint density at radius 1 is 0.932 bits per heavy atom. The van der Waals surface area contributed by atoms with Crippen molar-refractivity contribution in [3.05, 3.63) is 77.4 Å². The molecule has 0 spiro atoms. The van der Waals surface area contributed by atoms with Gasteiger partial charge < -0.3 is 25.4 Å². The third-order valence-corrected chi connectivity index (χ3v) is 9.35. The molecule has 2 fully saturated rings. The number of benzene rings is 3. The van der Waals surface area contributed by atoms with Crippen LogP contribution in [0.4, 0.5) is 4.79 Å². The minimum Gasteiger partial charge on any atom is -0.497 e. The Balaban J connectivity index is 1.10. The summed E-state index contributed by atoms with van der Waals surface area (Å²) in [6, 6.07) is 21.0. The first kappa shape index (κ1) is 31.8. The molecule has 0 bridgehead atoms. The van der Waals surface area contributed by atoms with Crippen molar-refractivity contribution in [3.8, 4) is 5.75 Å². The molecule has 2 unspecified atom stereocenters. The van der Waals surface area contributed by atoms with E-state index in [1.54, 1.807) is 18.1 Å². The number of amides is 2. The van der Waals surface area contributed by atoms with Crippen LogP contribution in [0.3, 0.4) is 0 Å². The van der Waals surface area contributed by atoms with Crippen LogP contribution in [0.2, 0.25) is 0 Å². The summed E-state index contributed by atoms with van der Waals surface area (Å²) in [7, 11) is 1.61. The number of likely N-dealkylation sites (tertiary alicyclic amines) is 2. The normalized spacial score (nSPS) is 20.0. The monoisotopic (exact) mass is 600 g/mol. The molecular weight excluding hydrogens is 552 g/mol. The maximum atomic E-state index is 12.7. The zero-order chi connectivity index (χ0) is 31.3. The van der Waals surface area contributed by atoms with Gasteiger partial charge in [0.1, 0.15) is 5.75 Å². The largest absolute Gasteiger partial charge is 0.497 e. The number of carboxylic acid groups (broad SMARTS) is 1. The van der Waals surface area contributed by atoms with Gasteiger partial charge in [-0.2, -0.15) is 0 Å². The van der Waals surface area contributed by atoms with Crippen LogP contribution in [-0.4, -0.2) is 72.3 Å². The summed E-state index contributed by atoms with van der Waals surface area (Å²) in [5.41, 5.74) is 3.13. The molecule has 8 nitrogen and oxygen atoms in total. The smallest absolute Gasteiger partial charge is 0.407 e. The number of hydrogen-bond acceptors (Lipinski definition) is 5. The van der Waals surface area contributed by atoms with Gasteiger partial charge in [-0.3, -0.25) is 9.69 Å². The maximum Gasteiger partial charge on any atom is 0.407 e. The van der Waals surface area contributed by atoms with Gasteiger partial charge in [0.25, 0.3) is 5.91 Å². The van der Waals surface area contributed by atoms with Crippen molar-refractivity contribution in [2.75, 3.05) is 33.3 Å². The van der Waals surface area contributed by atoms with Gasteiger partial charge in [0.05, 0.1) is 7.11 Å². The number of rotatable bonds is 9. The van der Waals surface area contributed by atoms with Crippen LogP contribution in [0.5, 0.6) is 5.75 Å². The Morgan fingerprint density at radius 2 is 1.66 bits per heavy atom. The van der Waals surface area contributed by atoms with Crippen LogP contribution >= 0.6 is 0 Å². The molecule has 44 heavy (non-hydrogen) atoms. The molecule has 2 amide bonds. The Morgan fingerprint density at radius 3 is 2.36 bits per heavy atom. The Hall–Kier alpha value is -3.62. The number of hydrogen-bond donors (Lipinski definition) is 3. The van der Waals surface area contributed by atoms with Gasteiger partial charge >= 0.3 is 6.09 Å². The SMILES string of the molecule is COc1cccc(C(=O)NC2CCN(Cc3ccc4ccc(CNCC5CCN(C(=O)O)C(C(C)(C)C)C5)cc4c3)CC2)c1. The van der Waals surface area contributed by atoms with Gasteiger partial charge in [0.2, 0.25) is 0 Å². The standard InChI is InChI=1S/C36H48N4O4/c1-36(2,3)33-20-26(12-17-40(33)35(42)43)23-37-22-25-8-10-28-11-9-27(19-30(28)18-25)24-39-15-13-31(14-16-39)38-34(41)29-6-5-7-32(21-29)44-4/h5-11,18-19,21,26,31,33,37H,12-17,20,22-24H2,1-4H3,(H,38,41)(H,42,43). The summed E-state index contributed by atoms with van der Waals surface area (Å²) in [5, 5.41) is 19.0. The predicted octanol–water partition coefficient (Wildman–Crippen LogP) is 6.14. The van der Waals surface area contributed by atoms with E-state index in [1.807, 2.05) is 18.2 Å². The van der Waals surface area contributed by atoms with Gasteiger partial charge in [0, 0.05) is 50.4 Å². The predicted molar refractivity (Wildman–Crippen MR) is 175 cm³/mol. The summed E-state index contributed by atoms with van der Waals surface area (Å²) in [5.74, 6) is 1.12. The van der Waals surface area contributed by atoms with Gasteiger partial charge in [-0.25, -0.2) is 4.79 Å². The van der Waals surface area contributed by atoms with Crippen molar-refractivity contribution < 1.29 is 19.4 Å². The summed E-state index contributed by atoms with van der Waals surface area (Å²) in [6.45, 7) is 11.5. The van der Waals surface area contributed by atoms with E-state index >= 15 is 0 Å². The summed E-state index contributed by atoms with van der Waals surface area (Å²) in [4.78, 5) is 28.6. The lowest BCUT2D eigenvalue weighted by molar-refractivity contribution is 0.0406. The minimum absolute atomic E-state index is 0.0418. The first-order valence-electron chi connectivity index (χ1n) is 16.0. The quantitative estimate of drug-likeness (QED) is 0.273. The van der Waals surface area contributed by atoms with Crippen LogP contribution in [0, 0.1) is 11.3 Å². The van der Waals surface area contributed by atoms with Crippen LogP contribution in [0.25, 0.3) is 10.8 Å². The second kappa shape index (κ2) is 14.0. The fourth-order valence-corrected chi connectivity index (χ4v) is 6.77. The highest BCUT2D eigenvalue weighted by atomic mass is 16.5. The third kappa shape index (κ3) is 8.10. The van der Waals surface area contributed by atoms with Crippen molar-refractivity contribution in [3.63, 3.8) is 0 Å². The molecule has 236 valence electrons. The average Bonchev–Trinajstić information content (AvgIpc) is 3.01. The van der Waals surface area contributed by atoms with E-state index in [0.29, 0.717) is 23.8 Å². The molecule has 0 aliphatic carbocycles. The van der Waals surface area contributed by atoms with E-state index < -0.39 is 6.09 Å². The lowest BCUT2D eigenvalue weighted by atomic mass is 9.77. The zero-order valence-electron chi connectivity index (χ0n) is 26.6. The zero-order valence-corrected chi connectivity index (χ0v) is 26.6. The Bertz CT molecular complexity index is 1440. The van der Waals surface area contributed by atoms with E-state index in [9.17, 15) is 14.7 Å². The second-order valence-corrected chi connectivity index (χ2v) is 13.7. The molecule has 3 N–H and O–H groups in total. The molecule has 0 radical (unpaired) electrons. The summed E-state index contributed by atoms with van der Waals surface area (Å²) < 4.78 is 5.25. The fourth-order valence-electron chi connectivity index (χ4n) is 6.77. The number of nitrogens with zero attached hydrogens (tertiary/aromatic N) is 2. The highest BCUT2D eigenvalue weighted by Gasteiger charge is 2.38. The number of nitrogens with one attached hydrogen (secondary N) is 2. The molecule has 8 heteroatoms. The van der Waals surface area contributed by atoms with Crippen molar-refractivity contribution in [1.82, 2.24) is 20.4 Å². The topological polar surface area (TPSA) is 94.1 Å². The molecule has 2 aliphatic rings. The molecule has 2 saturated heterocycles. The lowest BCUT2D eigenvalue weighted by Crippen LogP contribution is -2.52. The molecule has 2 heterocycles. The van der Waals surface area contributed by atoms with Crippen LogP contribution in [-0.2, 0) is 13.1 Å². The second-order valence-electron chi connectivity index (χ2n) is 13.7. The van der Waals surface area contributed by atoms with Crippen molar-refractivity contribution in [2.45, 2.75) is 71.6 Å².